The number of methoxy groups -OCH3 is 1. The zero-order valence-electron chi connectivity index (χ0n) is 77.9. The Morgan fingerprint density at radius 1 is 0.496 bits per heavy atom. The van der Waals surface area contributed by atoms with Crippen molar-refractivity contribution in [3.63, 3.8) is 0 Å². The van der Waals surface area contributed by atoms with Crippen molar-refractivity contribution in [1.82, 2.24) is 34.7 Å². The molecule has 17 N–H and O–H groups in total. The average molecular weight is 1870 g/mol. The van der Waals surface area contributed by atoms with Crippen LogP contribution in [0.2, 0.25) is 18.1 Å². The van der Waals surface area contributed by atoms with Gasteiger partial charge in [-0.2, -0.15) is 0 Å². The Hall–Kier alpha value is -5.54. The van der Waals surface area contributed by atoms with E-state index in [0.717, 1.165) is 54.2 Å². The second kappa shape index (κ2) is 44.6. The lowest BCUT2D eigenvalue weighted by Gasteiger charge is -2.37. The van der Waals surface area contributed by atoms with Crippen LogP contribution in [0.15, 0.2) is 146 Å². The third-order valence-electron chi connectivity index (χ3n) is 22.8. The normalized spacial score (nSPS) is 30.6. The lowest BCUT2D eigenvalue weighted by Crippen LogP contribution is -2.44. The van der Waals surface area contributed by atoms with E-state index in [9.17, 15) is 55.9 Å². The Bertz CT molecular complexity index is 4450. The van der Waals surface area contributed by atoms with E-state index in [4.69, 9.17) is 50.0 Å². The van der Waals surface area contributed by atoms with Gasteiger partial charge in [-0.15, -0.1) is 65.9 Å². The summed E-state index contributed by atoms with van der Waals surface area (Å²) >= 11 is 0. The highest BCUT2D eigenvalue weighted by Gasteiger charge is 2.52. The first kappa shape index (κ1) is 108. The molecule has 0 aromatic rings. The lowest BCUT2D eigenvalue weighted by atomic mass is 10.1. The number of hydrogen-bond acceptors (Lipinski definition) is 32. The van der Waals surface area contributed by atoms with Gasteiger partial charge in [0.25, 0.3) is 0 Å². The summed E-state index contributed by atoms with van der Waals surface area (Å²) in [6, 6.07) is 0. The highest BCUT2D eigenvalue weighted by Crippen LogP contribution is 2.46. The molecule has 5 fully saturated rings. The minimum absolute atomic E-state index is 0.0735. The first-order valence-electron chi connectivity index (χ1n) is 42.0. The first-order chi connectivity index (χ1) is 57.4. The topological polar surface area (TPSA) is 455 Å². The maximum Gasteiger partial charge on any atom is 0.222 e. The monoisotopic (exact) mass is 1870 g/mol. The summed E-state index contributed by atoms with van der Waals surface area (Å²) < 4.78 is 41.6. The van der Waals surface area contributed by atoms with E-state index < -0.39 is 159 Å². The maximum atomic E-state index is 11.3. The van der Waals surface area contributed by atoms with E-state index in [1.54, 1.807) is 46.6 Å². The molecule has 0 spiro atoms. The number of carbonyl (C=O) groups excluding carboxylic acids is 1. The number of nitrogens with zero attached hydrogens (tertiary/aromatic N) is 11. The van der Waals surface area contributed by atoms with Crippen molar-refractivity contribution >= 4 is 109 Å². The van der Waals surface area contributed by atoms with Crippen molar-refractivity contribution < 1.29 is 88.7 Å². The number of amidine groups is 5. The van der Waals surface area contributed by atoms with Crippen LogP contribution in [0.3, 0.4) is 0 Å². The number of likely N-dealkylation sites (N-methyl/N-ethyl adjacent to an activating group) is 1. The number of ether oxygens (including phenoxy) is 6. The Balaban J connectivity index is 0.000000242. The molecule has 125 heavy (non-hydrogen) atoms. The molecular weight excluding hydrogens is 1710 g/mol. The van der Waals surface area contributed by atoms with Crippen molar-refractivity contribution in [3.8, 4) is 0 Å². The molecule has 10 aliphatic rings. The van der Waals surface area contributed by atoms with Gasteiger partial charge in [-0.3, -0.25) is 4.79 Å². The van der Waals surface area contributed by atoms with Crippen LogP contribution in [0, 0.1) is 0 Å². The van der Waals surface area contributed by atoms with Gasteiger partial charge in [0.15, 0.2) is 39.5 Å². The van der Waals surface area contributed by atoms with Gasteiger partial charge < -0.3 is 136 Å². The van der Waals surface area contributed by atoms with Gasteiger partial charge >= 0.3 is 0 Å². The third kappa shape index (κ3) is 30.2. The van der Waals surface area contributed by atoms with Crippen LogP contribution in [0.25, 0.3) is 0 Å². The number of aliphatic imine (C=N–C) groups is 5. The Morgan fingerprint density at radius 3 is 1.13 bits per heavy atom. The van der Waals surface area contributed by atoms with Crippen molar-refractivity contribution in [2.24, 2.45) is 42.2 Å². The standard InChI is InChI=1S/C21H40N3O4PSi.C18H30N3O4P.C17H30N3O3P.C15H26N3O4P.C15H26N3O3P/c1-14-23-19(22)15(13-27-30(8,9)21(2,3)4)12-24(14)20-18(26)17(25)16(28-20)10-11-29(5,6)7;1-7-13-10-21(11(2)19-17(13)20-12(3)22)18-16(24)15(23)14(25-18)8-9-26(4,5)6;1-12-18-14(19(2)3)8-10-20(12)17-16(22-4)15(21)13(23-17)9-11-24(5,6)7;1-9-17-14(16)10(8-19)7-18(9)15-13(21)12(20)11(22-15)5-6-23(2,3)4;1-9-8-18(10(2)17-14(9)16)15-13(20)12(19)11(21-15)6-7-22(3,4)5/h12,16-18,20,25-26H,1,5,10-11,13H2,2-4,6-9H3,(H2,22,23);10,14-16,18,23-24H,2,4,7-9H2,1,3,5-6H3,(H,19,20,22);8,10,13,15-17,21H,1,5,9,11H2,2-4,6-7H3;7,11-13,15,19-21H,1-2,5-6,8H2,3-4H3,(H2,16,17);8,11-13,15,19-20H,2-3,6-7H2,1,4-5H3,(H2,16,17)/t16-,17-,18-,20?;14-,15-,16-,18?;13-,15-,16-,17?;11-,12-,13-,15?;11-,12-,13-,15-/m11111/s1. The molecule has 39 heteroatoms. The molecule has 33 nitrogen and oxygen atoms in total. The predicted octanol–water partition coefficient (Wildman–Crippen LogP) is 5.31. The van der Waals surface area contributed by atoms with E-state index in [2.05, 4.69) is 195 Å². The van der Waals surface area contributed by atoms with Gasteiger partial charge in [-0.1, -0.05) is 60.6 Å². The highest BCUT2D eigenvalue weighted by atomic mass is 31.2. The highest BCUT2D eigenvalue weighted by molar-refractivity contribution is 7.73. The fourth-order valence-corrected chi connectivity index (χ4v) is 19.7. The molecule has 4 unspecified atom stereocenters. The number of aliphatic hydroxyl groups excluding tert-OH is 10. The van der Waals surface area contributed by atoms with Crippen LogP contribution < -0.4 is 22.5 Å². The SMILES string of the molecule is C=C1N=C(N(C)C)C=CN1C1O[C@H](CCP(=C)(C)C)[C@@H](O)[C@H]1OC.C=C1N=C(N)C(C)=CN1[C@@H]1O[C@H](CCP(=C)(C)C)[C@@H](O)[C@H]1O.C=C1N=C(N)C(CO)=CN1C1O[C@H](CCP(=C)(C)C)[C@@H](O)[C@H]1O.C=C1N=C(N)C(CO[Si](C)(C)C(C)(C)C)=CN1C1O[C@H](CCP(=C)(C)C)[C@@H](O)[C@H]1O.C=C1N=C(NC(C)=O)C(CC)=CN1C1O[C@H](CCP(=C)(C)C)[C@@H](O)[C@H]1O. The average Bonchev–Trinajstić information content (AvgIpc) is 1.50. The molecule has 10 heterocycles. The van der Waals surface area contributed by atoms with E-state index in [-0.39, 0.29) is 29.5 Å². The number of amides is 1. The minimum atomic E-state index is -1.97. The number of rotatable bonds is 26. The van der Waals surface area contributed by atoms with Crippen LogP contribution in [-0.4, -0.2) is 410 Å². The zero-order chi connectivity index (χ0) is 94.8. The summed E-state index contributed by atoms with van der Waals surface area (Å²) in [5.41, 5.74) is 20.3. The second-order valence-corrected chi connectivity index (χ2v) is 64.9. The molecule has 0 aromatic heterocycles. The van der Waals surface area contributed by atoms with Gasteiger partial charge in [0.1, 0.15) is 119 Å². The molecule has 708 valence electrons. The number of nitrogens with two attached hydrogens (primary N) is 3. The van der Waals surface area contributed by atoms with Gasteiger partial charge in [0.2, 0.25) is 5.91 Å². The Morgan fingerprint density at radius 2 is 0.808 bits per heavy atom. The van der Waals surface area contributed by atoms with E-state index in [1.807, 2.05) is 50.0 Å². The quantitative estimate of drug-likeness (QED) is 0.0385. The molecule has 10 rings (SSSR count). The summed E-state index contributed by atoms with van der Waals surface area (Å²) in [6.07, 6.45) is 25.2. The van der Waals surface area contributed by atoms with Crippen LogP contribution in [0.5, 0.6) is 0 Å². The van der Waals surface area contributed by atoms with Crippen molar-refractivity contribution in [2.75, 3.05) is 132 Å². The smallest absolute Gasteiger partial charge is 0.222 e. The molecule has 1 amide bonds. The van der Waals surface area contributed by atoms with Gasteiger partial charge in [0.05, 0.1) is 43.7 Å². The van der Waals surface area contributed by atoms with Gasteiger partial charge in [-0.05, 0) is 167 Å². The van der Waals surface area contributed by atoms with Crippen LogP contribution in [0.4, 0.5) is 0 Å². The first-order valence-corrected chi connectivity index (χ1v) is 60.2. The Labute approximate surface area is 745 Å². The van der Waals surface area contributed by atoms with Crippen LogP contribution in [0.1, 0.15) is 80.1 Å². The lowest BCUT2D eigenvalue weighted by molar-refractivity contribution is -0.117. The van der Waals surface area contributed by atoms with Crippen molar-refractivity contribution in [1.29, 1.82) is 0 Å². The molecular formula is C86H152N15O18P5Si. The zero-order valence-corrected chi connectivity index (χ0v) is 83.4. The van der Waals surface area contributed by atoms with Gasteiger partial charge in [0, 0.05) is 81.4 Å². The van der Waals surface area contributed by atoms with Crippen molar-refractivity contribution in [2.45, 2.75) is 221 Å². The minimum Gasteiger partial charge on any atom is -0.412 e. The molecule has 0 aliphatic carbocycles. The largest absolute Gasteiger partial charge is 0.412 e. The van der Waals surface area contributed by atoms with Gasteiger partial charge in [-0.25, -0.2) is 25.0 Å². The summed E-state index contributed by atoms with van der Waals surface area (Å²) in [4.78, 5) is 42.8. The van der Waals surface area contributed by atoms with Crippen LogP contribution >= 0.6 is 34.4 Å². The second-order valence-electron chi connectivity index (χ2n) is 38.4. The maximum absolute atomic E-state index is 11.3. The molecule has 5 saturated heterocycles. The molecule has 10 aliphatic heterocycles. The third-order valence-corrected chi connectivity index (χ3v) is 34.6. The molecule has 20 atom stereocenters. The number of hydrogen-bond donors (Lipinski definition) is 14. The molecule has 0 bridgehead atoms. The predicted molar refractivity (Wildman–Crippen MR) is 525 cm³/mol. The van der Waals surface area contributed by atoms with E-state index >= 15 is 0 Å². The molecule has 0 radical (unpaired) electrons. The van der Waals surface area contributed by atoms with E-state index in [1.165, 1.54) is 11.8 Å². The fraction of sp³-hybridized carbons (Fsp3) is 0.640. The molecule has 0 aromatic carbocycles. The fourth-order valence-electron chi connectivity index (χ4n) is 14.0. The number of nitrogens with one attached hydrogen (secondary N) is 1. The van der Waals surface area contributed by atoms with Crippen LogP contribution in [-0.2, 0) is 37.6 Å². The summed E-state index contributed by atoms with van der Waals surface area (Å²) in [5.74, 6) is 3.96. The van der Waals surface area contributed by atoms with Crippen molar-refractivity contribution in [3.05, 3.63) is 121 Å². The number of carbonyl (C=O) groups is 1. The Kier molecular flexibility index (Phi) is 38.6. The summed E-state index contributed by atoms with van der Waals surface area (Å²) in [7, 11) is 3.48. The summed E-state index contributed by atoms with van der Waals surface area (Å²) in [5, 5.41) is 106. The summed E-state index contributed by atoms with van der Waals surface area (Å²) in [6.45, 7) is 50.9. The molecule has 0 saturated carbocycles. The van der Waals surface area contributed by atoms with E-state index in [0.29, 0.717) is 96.5 Å². The number of aliphatic hydroxyl groups is 10.